The van der Waals surface area contributed by atoms with Gasteiger partial charge in [-0.15, -0.1) is 12.4 Å². The highest BCUT2D eigenvalue weighted by Crippen LogP contribution is 2.66. The second-order valence-electron chi connectivity index (χ2n) is 31.7. The number of methoxy groups -OCH3 is 3. The van der Waals surface area contributed by atoms with Crippen LogP contribution in [-0.2, 0) is 85.6 Å². The molecule has 0 aromatic carbocycles. The molecule has 0 spiro atoms. The van der Waals surface area contributed by atoms with Crippen LogP contribution in [0, 0.1) is 23.2 Å². The van der Waals surface area contributed by atoms with Crippen LogP contribution in [0.1, 0.15) is 255 Å². The Balaban J connectivity index is -0.000000499. The number of ether oxygens (including phenoxy) is 8. The molecular formula is C75H143BClN7O24. The Morgan fingerprint density at radius 2 is 1.06 bits per heavy atom. The quantitative estimate of drug-likeness (QED) is 0.0105. The molecule has 1 aliphatic heterocycles. The molecule has 1 saturated heterocycles. The van der Waals surface area contributed by atoms with E-state index in [1.807, 2.05) is 6.92 Å². The van der Waals surface area contributed by atoms with Crippen LogP contribution in [0.4, 0.5) is 19.2 Å². The van der Waals surface area contributed by atoms with Crippen molar-refractivity contribution in [3.05, 3.63) is 0 Å². The van der Waals surface area contributed by atoms with Crippen LogP contribution in [-0.4, -0.2) is 226 Å². The fourth-order valence-corrected chi connectivity index (χ4v) is 11.0. The number of carboxylic acid groups (broad SMARTS) is 1. The number of nitrogens with two attached hydrogens (primary N) is 2. The van der Waals surface area contributed by atoms with Crippen LogP contribution in [0.15, 0.2) is 0 Å². The summed E-state index contributed by atoms with van der Waals surface area (Å²) in [6.07, 6.45) is 11.6. The van der Waals surface area contributed by atoms with Gasteiger partial charge >= 0.3 is 55.5 Å². The summed E-state index contributed by atoms with van der Waals surface area (Å²) in [5.41, 5.74) is 7.87. The number of aliphatic hydroxyl groups excluding tert-OH is 1. The summed E-state index contributed by atoms with van der Waals surface area (Å²) in [6.45, 7) is 34.9. The maximum absolute atomic E-state index is 13.7. The first kappa shape index (κ1) is 110. The minimum atomic E-state index is -1.10. The fourth-order valence-electron chi connectivity index (χ4n) is 11.0. The summed E-state index contributed by atoms with van der Waals surface area (Å²) in [4.78, 5) is 141. The third-order valence-corrected chi connectivity index (χ3v) is 16.7. The normalized spacial score (nSPS) is 17.7. The summed E-state index contributed by atoms with van der Waals surface area (Å²) in [5.74, 6) is -3.20. The van der Waals surface area contributed by atoms with Crippen molar-refractivity contribution >= 4 is 91.3 Å². The van der Waals surface area contributed by atoms with Crippen LogP contribution in [0.25, 0.3) is 0 Å². The molecule has 0 radical (unpaired) electrons. The van der Waals surface area contributed by atoms with Gasteiger partial charge in [0.2, 0.25) is 11.8 Å². The molecule has 3 saturated carbocycles. The number of hydrogen-bond acceptors (Lipinski definition) is 26. The van der Waals surface area contributed by atoms with E-state index in [4.69, 9.17) is 44.8 Å². The van der Waals surface area contributed by atoms with E-state index >= 15 is 0 Å². The maximum Gasteiger partial charge on any atom is 0.519 e. The van der Waals surface area contributed by atoms with Crippen LogP contribution >= 0.6 is 12.4 Å². The molecule has 2 bridgehead atoms. The number of carbonyl (C=O) groups excluding carboxylic acids is 11. The fraction of sp³-hybridized carbons (Fsp3) is 0.840. The molecule has 4 fully saturated rings. The van der Waals surface area contributed by atoms with Crippen LogP contribution in [0.2, 0.25) is 5.82 Å². The van der Waals surface area contributed by atoms with Crippen molar-refractivity contribution in [2.45, 2.75) is 313 Å². The third-order valence-electron chi connectivity index (χ3n) is 16.7. The Labute approximate surface area is 651 Å². The first-order chi connectivity index (χ1) is 48.7. The van der Waals surface area contributed by atoms with Crippen molar-refractivity contribution in [1.82, 2.24) is 25.8 Å². The topological polar surface area (TPSA) is 432 Å². The van der Waals surface area contributed by atoms with E-state index in [1.165, 1.54) is 87.3 Å². The molecule has 4 rings (SSSR count). The number of esters is 3. The van der Waals surface area contributed by atoms with Crippen molar-refractivity contribution in [3.8, 4) is 0 Å². The van der Waals surface area contributed by atoms with Crippen LogP contribution in [0.5, 0.6) is 0 Å². The second-order valence-corrected chi connectivity index (χ2v) is 31.7. The van der Waals surface area contributed by atoms with Crippen LogP contribution in [0.3, 0.4) is 0 Å². The molecule has 0 unspecified atom stereocenters. The number of Topliss-reactive ketones (excluding diaryl/α,β-unsaturated/α-hetero) is 2. The number of nitrogens with zero attached hydrogens (tertiary/aromatic N) is 2. The molecule has 0 aromatic rings. The van der Waals surface area contributed by atoms with Gasteiger partial charge in [0.15, 0.2) is 11.6 Å². The molecular weight excluding hydrogens is 1430 g/mol. The smallest absolute Gasteiger partial charge is 0.480 e. The lowest BCUT2D eigenvalue weighted by Gasteiger charge is -2.64. The number of nitrogens with one attached hydrogen (secondary N) is 3. The van der Waals surface area contributed by atoms with Crippen molar-refractivity contribution in [1.29, 1.82) is 0 Å². The summed E-state index contributed by atoms with van der Waals surface area (Å²) < 4.78 is 49.6. The van der Waals surface area contributed by atoms with Gasteiger partial charge in [-0.05, 0) is 172 Å². The van der Waals surface area contributed by atoms with Gasteiger partial charge in [0.25, 0.3) is 0 Å². The molecule has 9 atom stereocenters. The zero-order valence-corrected chi connectivity index (χ0v) is 70.1. The van der Waals surface area contributed by atoms with Crippen molar-refractivity contribution < 1.29 is 115 Å². The first-order valence-electron chi connectivity index (χ1n) is 36.9. The number of amides is 4. The number of carboxylic acids is 1. The molecule has 4 amide bonds. The highest BCUT2D eigenvalue weighted by Gasteiger charge is 2.68. The monoisotopic (exact) mass is 1570 g/mol. The minimum absolute atomic E-state index is 0. The lowest BCUT2D eigenvalue weighted by molar-refractivity contribution is -0.199. The largest absolute Gasteiger partial charge is 0.519 e. The van der Waals surface area contributed by atoms with Gasteiger partial charge in [0.1, 0.15) is 41.5 Å². The van der Waals surface area contributed by atoms with Crippen LogP contribution < -0.4 is 27.4 Å². The number of carbonyl (C=O) groups is 12. The lowest BCUT2D eigenvalue weighted by Crippen LogP contribution is -2.65. The van der Waals surface area contributed by atoms with Crippen molar-refractivity contribution in [2.75, 3.05) is 75.2 Å². The number of ketones is 2. The summed E-state index contributed by atoms with van der Waals surface area (Å²) in [7, 11) is 8.00. The predicted molar refractivity (Wildman–Crippen MR) is 415 cm³/mol. The van der Waals surface area contributed by atoms with Crippen molar-refractivity contribution in [2.24, 2.45) is 34.6 Å². The van der Waals surface area contributed by atoms with Gasteiger partial charge in [0.05, 0.1) is 58.3 Å². The molecule has 4 aliphatic rings. The van der Waals surface area contributed by atoms with E-state index in [1.54, 1.807) is 97.1 Å². The summed E-state index contributed by atoms with van der Waals surface area (Å²) in [6, 6.07) is -1.81. The number of hydrogen-bond donors (Lipinski definition) is 7. The minimum Gasteiger partial charge on any atom is -0.480 e. The van der Waals surface area contributed by atoms with E-state index in [-0.39, 0.29) is 105 Å². The molecule has 632 valence electrons. The molecule has 3 aliphatic carbocycles. The van der Waals surface area contributed by atoms with Gasteiger partial charge in [-0.25, -0.2) is 19.2 Å². The summed E-state index contributed by atoms with van der Waals surface area (Å²) in [5, 5.41) is 27.0. The highest BCUT2D eigenvalue weighted by atomic mass is 35.5. The zero-order valence-electron chi connectivity index (χ0n) is 69.3. The number of likely N-dealkylation sites (N-methyl/N-ethyl adjacent to an activating group) is 3. The Hall–Kier alpha value is -6.45. The standard InChI is InChI=1S/C40H72BN3O7.C10H18O5.C9H17NO4.C8H15NO4.C4H9NO2.C3H7NO2.CH4.ClH/c1-8-9-10-11-12-13-14-15-16-17-21-36(48)44-37(29(4)45)33(47)23-27(2)38(49)43-31(20-18-19-22-42)32(46)24-28(3)41-50-35-26-30-25-34(39(30,5)6)40(35,7)51-41;1-9(2,3)14-7(11)13-8(12)15-10(4,5)6;1-9(2,3)14-8(12)10(4)6-7(11)13-5;1-8(2,3)13-7(12)9(4)5-6(10)11;1-5-3-4(6)7-2;1-6-3(5)2-4;;/h27-31,34-35,37,45H,8-26,42H2,1-7H3,(H,43,49)(H,44,48);1-6H3;6H2,1-5H3;5H2,1-4H3,(H,10,11);5H,3H2,1-2H3;2,4H2,1H3;1H4;1H/t27-,28-,29-,30+,31+,34+,35-,37+,40+;;;;;;;/m1......./s1. The number of halogens is 1. The lowest BCUT2D eigenvalue weighted by atomic mass is 9.43. The SMILES string of the molecule is C.CC(C)(C)OC(=O)OC(=O)OC(C)(C)C.CCCCCCCCCCCCC(=O)N[C@H](C(=O)C[C@@H](C)C(=O)N[C@@H](CCCCN)C(=O)C[C@@H](C)B1O[C@@H]2C[C@@H]3C[C@@H](C3(C)C)[C@]2(C)O1)[C@@H](C)O.CN(CC(=O)O)C(=O)OC(C)(C)C.CNCC(=O)OC.COC(=O)CN.COC(=O)CN(C)C(=O)OC(C)(C)C.Cl. The van der Waals surface area contributed by atoms with Crippen molar-refractivity contribution in [3.63, 3.8) is 0 Å². The maximum atomic E-state index is 13.7. The van der Waals surface area contributed by atoms with Gasteiger partial charge in [-0.1, -0.05) is 99.8 Å². The van der Waals surface area contributed by atoms with Gasteiger partial charge in [0, 0.05) is 39.3 Å². The number of rotatable bonds is 33. The van der Waals surface area contributed by atoms with E-state index in [9.17, 15) is 62.6 Å². The Morgan fingerprint density at radius 1 is 0.611 bits per heavy atom. The second kappa shape index (κ2) is 55.0. The average Bonchev–Trinajstić information content (AvgIpc) is 1.39. The molecule has 0 aromatic heterocycles. The Kier molecular flexibility index (Phi) is 56.1. The van der Waals surface area contributed by atoms with E-state index < -0.39 is 102 Å². The number of unbranched alkanes of at least 4 members (excludes halogenated alkanes) is 10. The van der Waals surface area contributed by atoms with Gasteiger partial charge < -0.3 is 94.6 Å². The van der Waals surface area contributed by atoms with E-state index in [2.05, 4.69) is 62.6 Å². The summed E-state index contributed by atoms with van der Waals surface area (Å²) >= 11 is 0. The molecule has 33 heteroatoms. The molecule has 31 nitrogen and oxygen atoms in total. The predicted octanol–water partition coefficient (Wildman–Crippen LogP) is 10.8. The molecule has 1 heterocycles. The van der Waals surface area contributed by atoms with E-state index in [0.717, 1.165) is 48.3 Å². The zero-order chi connectivity index (χ0) is 82.7. The van der Waals surface area contributed by atoms with Gasteiger partial charge in [-0.3, -0.25) is 38.4 Å². The molecule has 108 heavy (non-hydrogen) atoms. The average molecular weight is 1570 g/mol. The Bertz CT molecular complexity index is 2650. The number of aliphatic carboxylic acids is 1. The Morgan fingerprint density at radius 3 is 1.44 bits per heavy atom. The first-order valence-corrected chi connectivity index (χ1v) is 36.9. The third kappa shape index (κ3) is 50.4. The molecule has 9 N–H and O–H groups in total. The van der Waals surface area contributed by atoms with E-state index in [0.29, 0.717) is 37.6 Å². The number of aliphatic hydroxyl groups is 1. The highest BCUT2D eigenvalue weighted by molar-refractivity contribution is 6.47. The van der Waals surface area contributed by atoms with Gasteiger partial charge in [-0.2, -0.15) is 0 Å².